The van der Waals surface area contributed by atoms with Crippen LogP contribution in [0.2, 0.25) is 0 Å². The van der Waals surface area contributed by atoms with Crippen LogP contribution in [0.15, 0.2) is 23.4 Å². The Morgan fingerprint density at radius 2 is 2.36 bits per heavy atom. The Balaban J connectivity index is 2.02. The molecule has 0 aliphatic heterocycles. The Kier molecular flexibility index (Phi) is 2.55. The van der Waals surface area contributed by atoms with E-state index in [1.54, 1.807) is 23.0 Å². The zero-order chi connectivity index (χ0) is 9.80. The lowest BCUT2D eigenvalue weighted by Crippen LogP contribution is -2.04. The molecule has 3 N–H and O–H groups in total. The molecule has 0 aliphatic rings. The first kappa shape index (κ1) is 8.89. The Bertz CT molecular complexity index is 400. The van der Waals surface area contributed by atoms with Crippen molar-refractivity contribution in [3.05, 3.63) is 29.1 Å². The summed E-state index contributed by atoms with van der Waals surface area (Å²) in [4.78, 5) is 11.9. The zero-order valence-corrected chi connectivity index (χ0v) is 8.16. The molecule has 0 aromatic carbocycles. The van der Waals surface area contributed by atoms with Crippen molar-refractivity contribution in [3.8, 4) is 0 Å². The van der Waals surface area contributed by atoms with Gasteiger partial charge in [0.15, 0.2) is 5.82 Å². The molecule has 0 spiro atoms. The van der Waals surface area contributed by atoms with Crippen molar-refractivity contribution in [3.63, 3.8) is 0 Å². The molecule has 2 aromatic heterocycles. The van der Waals surface area contributed by atoms with Crippen LogP contribution in [0.4, 0.5) is 11.5 Å². The van der Waals surface area contributed by atoms with Crippen molar-refractivity contribution in [2.75, 3.05) is 11.1 Å². The van der Waals surface area contributed by atoms with E-state index in [9.17, 15) is 0 Å². The molecular weight excluding hydrogens is 198 g/mol. The maximum absolute atomic E-state index is 5.65. The fourth-order valence-corrected chi connectivity index (χ4v) is 1.55. The van der Waals surface area contributed by atoms with Crippen LogP contribution in [0.5, 0.6) is 0 Å². The second-order valence-electron chi connectivity index (χ2n) is 2.66. The van der Waals surface area contributed by atoms with E-state index in [-0.39, 0.29) is 0 Å². The van der Waals surface area contributed by atoms with E-state index < -0.39 is 0 Å². The molecule has 2 heterocycles. The molecule has 0 saturated heterocycles. The Labute approximate surface area is 85.0 Å². The highest BCUT2D eigenvalue weighted by Crippen LogP contribution is 2.12. The van der Waals surface area contributed by atoms with Crippen LogP contribution in [0.1, 0.15) is 5.69 Å². The summed E-state index contributed by atoms with van der Waals surface area (Å²) in [6.45, 7) is 0.630. The average molecular weight is 207 g/mol. The standard InChI is InChI=1S/C8H9N5S/c9-7-2-10-4-12-8(7)11-1-6-3-14-5-13-6/h2-5H,1,9H2,(H,10,11,12). The summed E-state index contributed by atoms with van der Waals surface area (Å²) in [5.74, 6) is 0.646. The van der Waals surface area contributed by atoms with Crippen LogP contribution in [0.3, 0.4) is 0 Å². The minimum absolute atomic E-state index is 0.544. The zero-order valence-electron chi connectivity index (χ0n) is 7.34. The van der Waals surface area contributed by atoms with Crippen LogP contribution >= 0.6 is 11.3 Å². The van der Waals surface area contributed by atoms with Gasteiger partial charge in [-0.1, -0.05) is 0 Å². The van der Waals surface area contributed by atoms with Crippen LogP contribution in [-0.2, 0) is 6.54 Å². The molecule has 0 unspecified atom stereocenters. The Hall–Kier alpha value is -1.69. The topological polar surface area (TPSA) is 76.7 Å². The number of thiazole rings is 1. The second-order valence-corrected chi connectivity index (χ2v) is 3.38. The lowest BCUT2D eigenvalue weighted by atomic mass is 10.4. The molecule has 0 saturated carbocycles. The van der Waals surface area contributed by atoms with Gasteiger partial charge in [0.1, 0.15) is 6.33 Å². The monoisotopic (exact) mass is 207 g/mol. The maximum atomic E-state index is 5.65. The van der Waals surface area contributed by atoms with Gasteiger partial charge in [-0.3, -0.25) is 0 Å². The number of nitrogen functional groups attached to an aromatic ring is 1. The summed E-state index contributed by atoms with van der Waals surface area (Å²) in [7, 11) is 0. The van der Waals surface area contributed by atoms with Gasteiger partial charge in [0.05, 0.1) is 29.6 Å². The van der Waals surface area contributed by atoms with Crippen molar-refractivity contribution in [2.45, 2.75) is 6.54 Å². The molecule has 0 bridgehead atoms. The van der Waals surface area contributed by atoms with Gasteiger partial charge in [-0.15, -0.1) is 11.3 Å². The predicted molar refractivity (Wildman–Crippen MR) is 55.9 cm³/mol. The molecule has 0 amide bonds. The molecule has 6 heteroatoms. The molecular formula is C8H9N5S. The van der Waals surface area contributed by atoms with Gasteiger partial charge in [0, 0.05) is 5.38 Å². The molecule has 5 nitrogen and oxygen atoms in total. The number of aromatic nitrogens is 3. The maximum Gasteiger partial charge on any atom is 0.152 e. The fraction of sp³-hybridized carbons (Fsp3) is 0.125. The minimum Gasteiger partial charge on any atom is -0.394 e. The normalized spacial score (nSPS) is 10.0. The highest BCUT2D eigenvalue weighted by Gasteiger charge is 1.99. The first-order valence-corrected chi connectivity index (χ1v) is 4.97. The van der Waals surface area contributed by atoms with Gasteiger partial charge in [-0.25, -0.2) is 15.0 Å². The van der Waals surface area contributed by atoms with Gasteiger partial charge in [-0.05, 0) is 0 Å². The summed E-state index contributed by atoms with van der Waals surface area (Å²) in [6, 6.07) is 0. The van der Waals surface area contributed by atoms with Crippen LogP contribution in [-0.4, -0.2) is 15.0 Å². The summed E-state index contributed by atoms with van der Waals surface area (Å²) >= 11 is 1.56. The van der Waals surface area contributed by atoms with E-state index in [1.165, 1.54) is 6.33 Å². The van der Waals surface area contributed by atoms with E-state index in [4.69, 9.17) is 5.73 Å². The predicted octanol–water partition coefficient (Wildman–Crippen LogP) is 1.13. The van der Waals surface area contributed by atoms with Crippen molar-refractivity contribution < 1.29 is 0 Å². The third-order valence-corrected chi connectivity index (χ3v) is 2.30. The SMILES string of the molecule is Nc1cncnc1NCc1cscn1. The van der Waals surface area contributed by atoms with E-state index >= 15 is 0 Å². The first-order valence-electron chi connectivity index (χ1n) is 4.02. The number of nitrogens with zero attached hydrogens (tertiary/aromatic N) is 3. The summed E-state index contributed by atoms with van der Waals surface area (Å²) in [5.41, 5.74) is 8.97. The summed E-state index contributed by atoms with van der Waals surface area (Å²) < 4.78 is 0. The lowest BCUT2D eigenvalue weighted by molar-refractivity contribution is 1.04. The van der Waals surface area contributed by atoms with Crippen molar-refractivity contribution >= 4 is 22.8 Å². The largest absolute Gasteiger partial charge is 0.394 e. The summed E-state index contributed by atoms with van der Waals surface area (Å²) in [5, 5.41) is 5.06. The smallest absolute Gasteiger partial charge is 0.152 e. The molecule has 2 rings (SSSR count). The van der Waals surface area contributed by atoms with Crippen LogP contribution < -0.4 is 11.1 Å². The molecule has 0 atom stereocenters. The first-order chi connectivity index (χ1) is 6.86. The third kappa shape index (κ3) is 1.97. The number of hydrogen-bond acceptors (Lipinski definition) is 6. The molecule has 0 radical (unpaired) electrons. The van der Waals surface area contributed by atoms with E-state index in [0.717, 1.165) is 5.69 Å². The van der Waals surface area contributed by atoms with Gasteiger partial charge in [0.2, 0.25) is 0 Å². The van der Waals surface area contributed by atoms with Crippen molar-refractivity contribution in [1.29, 1.82) is 0 Å². The quantitative estimate of drug-likeness (QED) is 0.788. The van der Waals surface area contributed by atoms with Crippen molar-refractivity contribution in [2.24, 2.45) is 0 Å². The highest BCUT2D eigenvalue weighted by molar-refractivity contribution is 7.07. The number of rotatable bonds is 3. The minimum atomic E-state index is 0.544. The van der Waals surface area contributed by atoms with E-state index in [0.29, 0.717) is 18.1 Å². The average Bonchev–Trinajstić information content (AvgIpc) is 2.69. The number of nitrogens with two attached hydrogens (primary N) is 1. The molecule has 72 valence electrons. The van der Waals surface area contributed by atoms with Crippen LogP contribution in [0, 0.1) is 0 Å². The Morgan fingerprint density at radius 1 is 1.43 bits per heavy atom. The molecule has 0 aliphatic carbocycles. The highest BCUT2D eigenvalue weighted by atomic mass is 32.1. The lowest BCUT2D eigenvalue weighted by Gasteiger charge is -2.04. The van der Waals surface area contributed by atoms with Crippen LogP contribution in [0.25, 0.3) is 0 Å². The Morgan fingerprint density at radius 3 is 3.07 bits per heavy atom. The molecule has 0 fully saturated rings. The fourth-order valence-electron chi connectivity index (χ4n) is 0.987. The second kappa shape index (κ2) is 4.01. The third-order valence-electron chi connectivity index (χ3n) is 1.66. The van der Waals surface area contributed by atoms with Gasteiger partial charge < -0.3 is 11.1 Å². The van der Waals surface area contributed by atoms with Gasteiger partial charge in [-0.2, -0.15) is 0 Å². The van der Waals surface area contributed by atoms with Gasteiger partial charge >= 0.3 is 0 Å². The summed E-state index contributed by atoms with van der Waals surface area (Å²) in [6.07, 6.45) is 3.02. The molecule has 2 aromatic rings. The van der Waals surface area contributed by atoms with E-state index in [2.05, 4.69) is 20.3 Å². The van der Waals surface area contributed by atoms with E-state index in [1.807, 2.05) is 5.38 Å². The van der Waals surface area contributed by atoms with Gasteiger partial charge in [0.25, 0.3) is 0 Å². The van der Waals surface area contributed by atoms with Crippen molar-refractivity contribution in [1.82, 2.24) is 15.0 Å². The number of hydrogen-bond donors (Lipinski definition) is 2. The number of nitrogens with one attached hydrogen (secondary N) is 1. The molecule has 14 heavy (non-hydrogen) atoms. The number of anilines is 2.